The van der Waals surface area contributed by atoms with Gasteiger partial charge in [0.05, 0.1) is 40.9 Å². The average molecular weight is 553 g/mol. The lowest BCUT2D eigenvalue weighted by Gasteiger charge is -2.16. The number of aromatic carboxylic acids is 1. The lowest BCUT2D eigenvalue weighted by molar-refractivity contribution is -0.149. The highest BCUT2D eigenvalue weighted by Crippen LogP contribution is 2.46. The predicted octanol–water partition coefficient (Wildman–Crippen LogP) is 4.09. The molecule has 0 aliphatic heterocycles. The second-order valence-corrected chi connectivity index (χ2v) is 8.33. The summed E-state index contributed by atoms with van der Waals surface area (Å²) in [6.07, 6.45) is -0.936. The Morgan fingerprint density at radius 3 is 2.15 bits per heavy atom. The van der Waals surface area contributed by atoms with E-state index in [2.05, 4.69) is 25.6 Å². The number of anilines is 2. The van der Waals surface area contributed by atoms with E-state index in [4.69, 9.17) is 10.2 Å². The van der Waals surface area contributed by atoms with Crippen molar-refractivity contribution in [2.24, 2.45) is 5.41 Å². The van der Waals surface area contributed by atoms with Gasteiger partial charge in [-0.3, -0.25) is 14.6 Å². The predicted molar refractivity (Wildman–Crippen MR) is 124 cm³/mol. The van der Waals surface area contributed by atoms with Gasteiger partial charge >= 0.3 is 18.1 Å². The minimum atomic E-state index is -4.83. The van der Waals surface area contributed by atoms with Crippen molar-refractivity contribution < 1.29 is 46.5 Å². The van der Waals surface area contributed by atoms with Crippen LogP contribution >= 0.6 is 0 Å². The Kier molecular flexibility index (Phi) is 8.42. The molecule has 0 spiro atoms. The number of alkyl halides is 3. The van der Waals surface area contributed by atoms with Crippen LogP contribution in [0.25, 0.3) is 0 Å². The fourth-order valence-electron chi connectivity index (χ4n) is 3.20. The molecule has 0 bridgehead atoms. The maximum atomic E-state index is 14.2. The van der Waals surface area contributed by atoms with Crippen molar-refractivity contribution in [3.8, 4) is 0 Å². The van der Waals surface area contributed by atoms with Gasteiger partial charge in [0.1, 0.15) is 22.9 Å². The number of aliphatic carboxylic acids is 1. The molecule has 4 N–H and O–H groups in total. The Balaban J connectivity index is 0.000000353. The number of carboxylic acids is 2. The molecule has 2 heterocycles. The lowest BCUT2D eigenvalue weighted by atomic mass is 10.1. The largest absolute Gasteiger partial charge is 0.480 e. The molecule has 4 rings (SSSR count). The topological polar surface area (TPSA) is 154 Å². The summed E-state index contributed by atoms with van der Waals surface area (Å²) in [4.78, 5) is 44.4. The van der Waals surface area contributed by atoms with E-state index in [1.807, 2.05) is 0 Å². The van der Waals surface area contributed by atoms with Crippen LogP contribution in [0.15, 0.2) is 42.9 Å². The number of nitrogens with zero attached hydrogens (tertiary/aromatic N) is 3. The Labute approximate surface area is 216 Å². The first-order valence-corrected chi connectivity index (χ1v) is 11.1. The highest BCUT2D eigenvalue weighted by atomic mass is 19.4. The first kappa shape index (κ1) is 28.9. The van der Waals surface area contributed by atoms with Crippen LogP contribution in [0.5, 0.6) is 0 Å². The number of aryl methyl sites for hydroxylation is 1. The standard InChI is InChI=1S/C18H14F5N3O3.C6H6N2O2/c19-11-3-1-2-10(18(21,22)23)14(11)26-9-6-12(20)13(24-7-9)8-25-15(27)17(4-5-17)16(28)29;1-4-7-2-5(3-8-4)6(9)10/h1-3,6-7,26H,4-5,8H2,(H,25,27)(H,28,29);2-3H,1H3,(H,9,10). The second kappa shape index (κ2) is 11.4. The van der Waals surface area contributed by atoms with Crippen LogP contribution in [0.3, 0.4) is 0 Å². The van der Waals surface area contributed by atoms with E-state index < -0.39 is 58.9 Å². The monoisotopic (exact) mass is 553 g/mol. The molecule has 0 radical (unpaired) electrons. The zero-order valence-corrected chi connectivity index (χ0v) is 20.0. The molecule has 39 heavy (non-hydrogen) atoms. The summed E-state index contributed by atoms with van der Waals surface area (Å²) in [5, 5.41) is 21.9. The van der Waals surface area contributed by atoms with E-state index in [-0.39, 0.29) is 29.8 Å². The van der Waals surface area contributed by atoms with E-state index in [1.54, 1.807) is 6.92 Å². The van der Waals surface area contributed by atoms with Crippen molar-refractivity contribution in [2.45, 2.75) is 32.5 Å². The smallest absolute Gasteiger partial charge is 0.418 e. The number of carbonyl (C=O) groups is 3. The number of carboxylic acid groups (broad SMARTS) is 2. The SMILES string of the molecule is Cc1ncc(C(=O)O)cn1.O=C(O)C1(C(=O)NCc2ncc(Nc3c(F)cccc3C(F)(F)F)cc2F)CC1. The molecule has 10 nitrogen and oxygen atoms in total. The number of rotatable bonds is 7. The second-order valence-electron chi connectivity index (χ2n) is 8.33. The summed E-state index contributed by atoms with van der Waals surface area (Å²) in [6, 6.07) is 3.19. The summed E-state index contributed by atoms with van der Waals surface area (Å²) in [5.74, 6) is -4.62. The minimum Gasteiger partial charge on any atom is -0.480 e. The molecule has 1 aliphatic rings. The van der Waals surface area contributed by atoms with E-state index in [0.29, 0.717) is 11.9 Å². The highest BCUT2D eigenvalue weighted by Gasteiger charge is 2.57. The first-order valence-electron chi connectivity index (χ1n) is 11.1. The van der Waals surface area contributed by atoms with E-state index in [1.165, 1.54) is 12.4 Å². The Hall–Kier alpha value is -4.69. The molecular formula is C24H20F5N5O5. The third kappa shape index (κ3) is 7.00. The van der Waals surface area contributed by atoms with Gasteiger partial charge in [-0.25, -0.2) is 23.5 Å². The van der Waals surface area contributed by atoms with Gasteiger partial charge in [0.15, 0.2) is 0 Å². The van der Waals surface area contributed by atoms with Crippen molar-refractivity contribution in [3.63, 3.8) is 0 Å². The number of para-hydroxylation sites is 1. The van der Waals surface area contributed by atoms with Gasteiger partial charge in [-0.05, 0) is 31.9 Å². The van der Waals surface area contributed by atoms with Gasteiger partial charge in [0, 0.05) is 18.5 Å². The van der Waals surface area contributed by atoms with Crippen LogP contribution in [0.1, 0.15) is 40.3 Å². The van der Waals surface area contributed by atoms with Gasteiger partial charge in [0.2, 0.25) is 5.91 Å². The molecule has 15 heteroatoms. The number of nitrogens with one attached hydrogen (secondary N) is 2. The minimum absolute atomic E-state index is 0.116. The summed E-state index contributed by atoms with van der Waals surface area (Å²) in [6.45, 7) is 1.29. The lowest BCUT2D eigenvalue weighted by Crippen LogP contribution is -2.36. The van der Waals surface area contributed by atoms with E-state index in [9.17, 15) is 36.3 Å². The molecule has 3 aromatic rings. The van der Waals surface area contributed by atoms with Crippen LogP contribution in [0.4, 0.5) is 33.3 Å². The number of carbonyl (C=O) groups excluding carboxylic acids is 1. The molecule has 0 unspecified atom stereocenters. The number of aromatic nitrogens is 3. The molecule has 1 fully saturated rings. The Bertz CT molecular complexity index is 1400. The number of amides is 1. The third-order valence-electron chi connectivity index (χ3n) is 5.54. The van der Waals surface area contributed by atoms with Crippen LogP contribution in [0.2, 0.25) is 0 Å². The number of pyridine rings is 1. The summed E-state index contributed by atoms with van der Waals surface area (Å²) in [5.41, 5.74) is -4.02. The highest BCUT2D eigenvalue weighted by molar-refractivity contribution is 6.04. The summed E-state index contributed by atoms with van der Waals surface area (Å²) >= 11 is 0. The molecule has 1 saturated carbocycles. The van der Waals surface area contributed by atoms with Crippen molar-refractivity contribution in [1.82, 2.24) is 20.3 Å². The van der Waals surface area contributed by atoms with Gasteiger partial charge in [-0.2, -0.15) is 13.2 Å². The van der Waals surface area contributed by atoms with Crippen molar-refractivity contribution in [2.75, 3.05) is 5.32 Å². The first-order chi connectivity index (χ1) is 18.2. The van der Waals surface area contributed by atoms with Crippen LogP contribution in [0, 0.1) is 24.0 Å². The molecule has 0 atom stereocenters. The Morgan fingerprint density at radius 2 is 1.64 bits per heavy atom. The van der Waals surface area contributed by atoms with E-state index in [0.717, 1.165) is 24.4 Å². The number of hydrogen-bond donors (Lipinski definition) is 4. The molecular weight excluding hydrogens is 533 g/mol. The maximum Gasteiger partial charge on any atom is 0.418 e. The number of halogens is 5. The molecule has 1 aromatic carbocycles. The molecule has 2 aromatic heterocycles. The van der Waals surface area contributed by atoms with Crippen molar-refractivity contribution >= 4 is 29.2 Å². The number of hydrogen-bond acceptors (Lipinski definition) is 7. The quantitative estimate of drug-likeness (QED) is 0.250. The third-order valence-corrected chi connectivity index (χ3v) is 5.54. The fraction of sp³-hybridized carbons (Fsp3) is 0.250. The van der Waals surface area contributed by atoms with Crippen LogP contribution in [-0.4, -0.2) is 43.0 Å². The van der Waals surface area contributed by atoms with Crippen molar-refractivity contribution in [1.29, 1.82) is 0 Å². The van der Waals surface area contributed by atoms with Gasteiger partial charge in [-0.1, -0.05) is 6.07 Å². The zero-order valence-electron chi connectivity index (χ0n) is 20.0. The van der Waals surface area contributed by atoms with Crippen molar-refractivity contribution in [3.05, 3.63) is 77.1 Å². The fourth-order valence-corrected chi connectivity index (χ4v) is 3.20. The van der Waals surface area contributed by atoms with Gasteiger partial charge in [0.25, 0.3) is 0 Å². The average Bonchev–Trinajstić information content (AvgIpc) is 3.67. The van der Waals surface area contributed by atoms with Gasteiger partial charge in [-0.15, -0.1) is 0 Å². The molecule has 1 aliphatic carbocycles. The number of benzene rings is 1. The van der Waals surface area contributed by atoms with E-state index >= 15 is 0 Å². The normalized spacial score (nSPS) is 13.5. The Morgan fingerprint density at radius 1 is 1.00 bits per heavy atom. The summed E-state index contributed by atoms with van der Waals surface area (Å²) < 4.78 is 67.2. The van der Waals surface area contributed by atoms with Crippen LogP contribution < -0.4 is 10.6 Å². The zero-order chi connectivity index (χ0) is 29.0. The van der Waals surface area contributed by atoms with Gasteiger partial charge < -0.3 is 20.8 Å². The van der Waals surface area contributed by atoms with Crippen LogP contribution in [-0.2, 0) is 22.3 Å². The maximum absolute atomic E-state index is 14.2. The molecule has 1 amide bonds. The summed E-state index contributed by atoms with van der Waals surface area (Å²) in [7, 11) is 0. The molecule has 206 valence electrons. The molecule has 0 saturated heterocycles.